The smallest absolute Gasteiger partial charge is 0.0318 e. The average Bonchev–Trinajstić information content (AvgIpc) is 1.85. The summed E-state index contributed by atoms with van der Waals surface area (Å²) in [5, 5.41) is 5.81. The van der Waals surface area contributed by atoms with Gasteiger partial charge in [-0.05, 0) is 27.7 Å². The Balaban J connectivity index is -0.000000150. The summed E-state index contributed by atoms with van der Waals surface area (Å²) in [5.41, 5.74) is 2.22. The Morgan fingerprint density at radius 3 is 1.23 bits per heavy atom. The van der Waals surface area contributed by atoms with Crippen LogP contribution in [0.5, 0.6) is 0 Å². The van der Waals surface area contributed by atoms with Gasteiger partial charge >= 0.3 is 0 Å². The Labute approximate surface area is 83.6 Å². The Morgan fingerprint density at radius 1 is 0.923 bits per heavy atom. The van der Waals surface area contributed by atoms with Crippen LogP contribution < -0.4 is 0 Å². The molecule has 3 nitrogen and oxygen atoms in total. The molecule has 13 heavy (non-hydrogen) atoms. The van der Waals surface area contributed by atoms with E-state index in [9.17, 15) is 0 Å². The van der Waals surface area contributed by atoms with Crippen molar-refractivity contribution in [3.05, 3.63) is 0 Å². The summed E-state index contributed by atoms with van der Waals surface area (Å²) in [6, 6.07) is 0. The molecule has 0 unspecified atom stereocenters. The van der Waals surface area contributed by atoms with Gasteiger partial charge in [0.1, 0.15) is 0 Å². The molecule has 0 atom stereocenters. The molecular weight excluding hydrogens is 162 g/mol. The maximum atomic E-state index is 4.03. The first kappa shape index (κ1) is 18.0. The molecule has 0 aliphatic heterocycles. The third-order valence-electron chi connectivity index (χ3n) is 0.847. The van der Waals surface area contributed by atoms with Crippen molar-refractivity contribution in [1.29, 1.82) is 0 Å². The second-order valence-electron chi connectivity index (χ2n) is 3.07. The number of rotatable bonds is 1. The molecule has 0 bridgehead atoms. The fourth-order valence-corrected chi connectivity index (χ4v) is 0.400. The van der Waals surface area contributed by atoms with Crippen LogP contribution in [-0.2, 0) is 0 Å². The summed E-state index contributed by atoms with van der Waals surface area (Å²) in [4.78, 5) is 3.81. The molecule has 0 radical (unpaired) electrons. The molecule has 0 aromatic rings. The van der Waals surface area contributed by atoms with E-state index in [-0.39, 0.29) is 7.43 Å². The molecule has 0 saturated carbocycles. The fraction of sp³-hybridized carbons (Fsp3) is 0.800. The molecule has 0 aromatic heterocycles. The predicted molar refractivity (Wildman–Crippen MR) is 63.9 cm³/mol. The molecule has 0 aliphatic carbocycles. The van der Waals surface area contributed by atoms with Gasteiger partial charge in [-0.3, -0.25) is 4.99 Å². The van der Waals surface area contributed by atoms with Crippen LogP contribution >= 0.6 is 0 Å². The molecule has 3 heteroatoms. The Morgan fingerprint density at radius 2 is 1.23 bits per heavy atom. The number of hydrogen-bond donors (Lipinski definition) is 0. The van der Waals surface area contributed by atoms with E-state index in [0.717, 1.165) is 11.4 Å². The molecule has 0 spiro atoms. The largest absolute Gasteiger partial charge is 0.303 e. The van der Waals surface area contributed by atoms with Crippen molar-refractivity contribution >= 4 is 11.4 Å². The quantitative estimate of drug-likeness (QED) is 0.458. The van der Waals surface area contributed by atoms with Gasteiger partial charge in [0.15, 0.2) is 0 Å². The number of hydrogen-bond acceptors (Lipinski definition) is 3. The Bertz CT molecular complexity index is 150. The van der Waals surface area contributed by atoms with Crippen molar-refractivity contribution in [3.63, 3.8) is 0 Å². The predicted octanol–water partition coefficient (Wildman–Crippen LogP) is 2.68. The number of aliphatic imine (C=N–C) groups is 1. The van der Waals surface area contributed by atoms with Crippen molar-refractivity contribution in [2.24, 2.45) is 10.1 Å². The number of hydrazone groups is 1. The van der Waals surface area contributed by atoms with Crippen LogP contribution in [0.4, 0.5) is 0 Å². The van der Waals surface area contributed by atoms with Gasteiger partial charge in [-0.15, -0.1) is 0 Å². The van der Waals surface area contributed by atoms with Crippen LogP contribution in [0.3, 0.4) is 0 Å². The van der Waals surface area contributed by atoms with Crippen LogP contribution in [0, 0.1) is 0 Å². The van der Waals surface area contributed by atoms with E-state index in [1.807, 2.05) is 41.8 Å². The molecule has 0 rings (SSSR count). The molecule has 0 N–H and O–H groups in total. The normalized spacial score (nSPS) is 7.00. The van der Waals surface area contributed by atoms with E-state index in [4.69, 9.17) is 0 Å². The lowest BCUT2D eigenvalue weighted by Gasteiger charge is -2.02. The molecule has 80 valence electrons. The minimum atomic E-state index is 0. The zero-order valence-corrected chi connectivity index (χ0v) is 9.34. The SMILES string of the molecule is C.CC(C)=NN(C)C.CN=C(C)C. The van der Waals surface area contributed by atoms with E-state index in [1.165, 1.54) is 0 Å². The standard InChI is InChI=1S/C5H12N2.C4H9N.CH4/c1-5(2)6-7(3)4;1-4(2)5-3;/h1-4H3;1-3H3;1H4. The van der Waals surface area contributed by atoms with Crippen LogP contribution in [0.2, 0.25) is 0 Å². The molecule has 0 aliphatic rings. The lowest BCUT2D eigenvalue weighted by Crippen LogP contribution is -2.03. The molecule has 0 amide bonds. The highest BCUT2D eigenvalue weighted by atomic mass is 15.4. The first-order chi connectivity index (χ1) is 5.40. The van der Waals surface area contributed by atoms with Crippen molar-refractivity contribution in [2.75, 3.05) is 21.1 Å². The highest BCUT2D eigenvalue weighted by Gasteiger charge is 1.76. The number of nitrogens with zero attached hydrogens (tertiary/aromatic N) is 3. The highest BCUT2D eigenvalue weighted by molar-refractivity contribution is 5.79. The fourth-order valence-electron chi connectivity index (χ4n) is 0.400. The monoisotopic (exact) mass is 187 g/mol. The second-order valence-corrected chi connectivity index (χ2v) is 3.07. The molecular formula is C10H25N3. The summed E-state index contributed by atoms with van der Waals surface area (Å²) >= 11 is 0. The van der Waals surface area contributed by atoms with Gasteiger partial charge in [0.2, 0.25) is 0 Å². The van der Waals surface area contributed by atoms with Gasteiger partial charge in [0.05, 0.1) is 0 Å². The van der Waals surface area contributed by atoms with Gasteiger partial charge in [0, 0.05) is 32.6 Å². The Kier molecular flexibility index (Phi) is 15.5. The minimum Gasteiger partial charge on any atom is -0.303 e. The topological polar surface area (TPSA) is 28.0 Å². The highest BCUT2D eigenvalue weighted by Crippen LogP contribution is 1.76. The van der Waals surface area contributed by atoms with Gasteiger partial charge in [-0.1, -0.05) is 7.43 Å². The minimum absolute atomic E-state index is 0. The average molecular weight is 187 g/mol. The third-order valence-corrected chi connectivity index (χ3v) is 0.847. The van der Waals surface area contributed by atoms with E-state index < -0.39 is 0 Å². The lowest BCUT2D eigenvalue weighted by molar-refractivity contribution is 0.437. The molecule has 0 aromatic carbocycles. The Hall–Kier alpha value is -0.860. The lowest BCUT2D eigenvalue weighted by atomic mass is 10.5. The first-order valence-corrected chi connectivity index (χ1v) is 3.99. The van der Waals surface area contributed by atoms with Crippen molar-refractivity contribution in [3.8, 4) is 0 Å². The summed E-state index contributed by atoms with van der Waals surface area (Å²) in [6.07, 6.45) is 0. The van der Waals surface area contributed by atoms with Crippen molar-refractivity contribution < 1.29 is 0 Å². The summed E-state index contributed by atoms with van der Waals surface area (Å²) in [5.74, 6) is 0. The summed E-state index contributed by atoms with van der Waals surface area (Å²) in [6.45, 7) is 7.89. The van der Waals surface area contributed by atoms with E-state index in [2.05, 4.69) is 10.1 Å². The van der Waals surface area contributed by atoms with Gasteiger partial charge in [-0.2, -0.15) is 5.10 Å². The maximum Gasteiger partial charge on any atom is 0.0318 e. The first-order valence-electron chi connectivity index (χ1n) is 3.99. The second kappa shape index (κ2) is 11.1. The van der Waals surface area contributed by atoms with E-state index in [1.54, 1.807) is 12.1 Å². The van der Waals surface area contributed by atoms with Crippen LogP contribution in [0.15, 0.2) is 10.1 Å². The van der Waals surface area contributed by atoms with Crippen molar-refractivity contribution in [1.82, 2.24) is 5.01 Å². The van der Waals surface area contributed by atoms with Crippen LogP contribution in [0.25, 0.3) is 0 Å². The summed E-state index contributed by atoms with van der Waals surface area (Å²) < 4.78 is 0. The molecule has 0 saturated heterocycles. The summed E-state index contributed by atoms with van der Waals surface area (Å²) in [7, 11) is 5.61. The van der Waals surface area contributed by atoms with E-state index in [0.29, 0.717) is 0 Å². The molecule has 0 heterocycles. The van der Waals surface area contributed by atoms with Gasteiger partial charge in [-0.25, -0.2) is 0 Å². The van der Waals surface area contributed by atoms with Gasteiger partial charge in [0.25, 0.3) is 0 Å². The zero-order chi connectivity index (χ0) is 10.1. The van der Waals surface area contributed by atoms with Crippen molar-refractivity contribution in [2.45, 2.75) is 35.1 Å². The van der Waals surface area contributed by atoms with Gasteiger partial charge < -0.3 is 5.01 Å². The molecule has 0 fully saturated rings. The third kappa shape index (κ3) is 35.2. The zero-order valence-electron chi connectivity index (χ0n) is 9.34. The van der Waals surface area contributed by atoms with E-state index >= 15 is 0 Å². The van der Waals surface area contributed by atoms with Crippen LogP contribution in [0.1, 0.15) is 35.1 Å². The van der Waals surface area contributed by atoms with Crippen LogP contribution in [-0.4, -0.2) is 37.6 Å². The maximum absolute atomic E-state index is 4.03.